The van der Waals surface area contributed by atoms with Crippen molar-refractivity contribution >= 4 is 18.7 Å². The van der Waals surface area contributed by atoms with Gasteiger partial charge in [0.2, 0.25) is 0 Å². The van der Waals surface area contributed by atoms with E-state index in [1.807, 2.05) is 45.9 Å². The maximum absolute atomic E-state index is 10.7. The van der Waals surface area contributed by atoms with Gasteiger partial charge in [0.1, 0.15) is 12.4 Å². The Morgan fingerprint density at radius 3 is 2.52 bits per heavy atom. The van der Waals surface area contributed by atoms with Crippen molar-refractivity contribution in [3.63, 3.8) is 0 Å². The molecule has 0 radical (unpaired) electrons. The Labute approximate surface area is 136 Å². The normalized spacial score (nSPS) is 24.7. The van der Waals surface area contributed by atoms with Gasteiger partial charge < -0.3 is 24.5 Å². The predicted octanol–water partition coefficient (Wildman–Crippen LogP) is 1.56. The molecular weight excluding hydrogens is 297 g/mol. The average Bonchev–Trinajstić information content (AvgIpc) is 2.66. The standard InChI is InChI=1S/C16H22BNO5/c1-15(2)16(3,4)23-17(22-15)11-6-5-10-7-12(18-14(19)20)9-21-13(10)8-11/h5-6,8,12,18H,7,9H2,1-4H3,(H,19,20)/t12-/m1/s1. The molecule has 0 bridgehead atoms. The Morgan fingerprint density at radius 1 is 1.26 bits per heavy atom. The summed E-state index contributed by atoms with van der Waals surface area (Å²) in [6.07, 6.45) is -0.415. The van der Waals surface area contributed by atoms with Crippen LogP contribution in [0.5, 0.6) is 5.75 Å². The van der Waals surface area contributed by atoms with Crippen LogP contribution in [0.4, 0.5) is 4.79 Å². The van der Waals surface area contributed by atoms with Crippen LogP contribution < -0.4 is 15.5 Å². The molecule has 1 amide bonds. The number of hydrogen-bond acceptors (Lipinski definition) is 4. The number of rotatable bonds is 2. The van der Waals surface area contributed by atoms with Crippen LogP contribution in [0, 0.1) is 0 Å². The summed E-state index contributed by atoms with van der Waals surface area (Å²) in [5, 5.41) is 11.3. The summed E-state index contributed by atoms with van der Waals surface area (Å²) >= 11 is 0. The Hall–Kier alpha value is -1.73. The summed E-state index contributed by atoms with van der Waals surface area (Å²) in [6.45, 7) is 8.40. The lowest BCUT2D eigenvalue weighted by molar-refractivity contribution is 0.00578. The van der Waals surface area contributed by atoms with E-state index in [0.717, 1.165) is 16.8 Å². The highest BCUT2D eigenvalue weighted by molar-refractivity contribution is 6.62. The van der Waals surface area contributed by atoms with E-state index in [1.165, 1.54) is 0 Å². The Balaban J connectivity index is 1.77. The molecule has 0 unspecified atom stereocenters. The number of carboxylic acid groups (broad SMARTS) is 1. The largest absolute Gasteiger partial charge is 0.494 e. The van der Waals surface area contributed by atoms with Gasteiger partial charge in [-0.2, -0.15) is 0 Å². The lowest BCUT2D eigenvalue weighted by atomic mass is 9.78. The number of carbonyl (C=O) groups is 1. The molecule has 1 aromatic rings. The molecule has 2 aliphatic heterocycles. The summed E-state index contributed by atoms with van der Waals surface area (Å²) in [5.41, 5.74) is 1.12. The third-order valence-corrected chi connectivity index (χ3v) is 4.85. The van der Waals surface area contributed by atoms with Gasteiger partial charge in [-0.05, 0) is 51.2 Å². The van der Waals surface area contributed by atoms with Gasteiger partial charge in [0.25, 0.3) is 0 Å². The van der Waals surface area contributed by atoms with Crippen molar-refractivity contribution in [1.29, 1.82) is 0 Å². The number of benzene rings is 1. The van der Waals surface area contributed by atoms with Crippen LogP contribution in [-0.4, -0.2) is 42.2 Å². The first-order valence-electron chi connectivity index (χ1n) is 7.79. The van der Waals surface area contributed by atoms with Gasteiger partial charge in [0.05, 0.1) is 17.2 Å². The van der Waals surface area contributed by atoms with Crippen molar-refractivity contribution in [3.05, 3.63) is 23.8 Å². The first kappa shape index (κ1) is 16.1. The van der Waals surface area contributed by atoms with Crippen molar-refractivity contribution in [2.45, 2.75) is 51.4 Å². The van der Waals surface area contributed by atoms with Crippen molar-refractivity contribution < 1.29 is 23.9 Å². The topological polar surface area (TPSA) is 77.0 Å². The van der Waals surface area contributed by atoms with Crippen molar-refractivity contribution in [1.82, 2.24) is 5.32 Å². The molecule has 1 fully saturated rings. The predicted molar refractivity (Wildman–Crippen MR) is 86.3 cm³/mol. The van der Waals surface area contributed by atoms with Gasteiger partial charge in [-0.1, -0.05) is 12.1 Å². The second-order valence-electron chi connectivity index (χ2n) is 7.12. The second kappa shape index (κ2) is 5.42. The highest BCUT2D eigenvalue weighted by Gasteiger charge is 2.51. The average molecular weight is 319 g/mol. The van der Waals surface area contributed by atoms with Gasteiger partial charge >= 0.3 is 13.2 Å². The first-order chi connectivity index (χ1) is 10.7. The van der Waals surface area contributed by atoms with E-state index < -0.39 is 13.2 Å². The van der Waals surface area contributed by atoms with Crippen LogP contribution >= 0.6 is 0 Å². The fraction of sp³-hybridized carbons (Fsp3) is 0.562. The molecule has 2 N–H and O–H groups in total. The smallest absolute Gasteiger partial charge is 0.491 e. The highest BCUT2D eigenvalue weighted by atomic mass is 16.7. The number of ether oxygens (including phenoxy) is 1. The fourth-order valence-corrected chi connectivity index (χ4v) is 2.78. The van der Waals surface area contributed by atoms with Crippen LogP contribution in [0.15, 0.2) is 18.2 Å². The highest BCUT2D eigenvalue weighted by Crippen LogP contribution is 2.37. The summed E-state index contributed by atoms with van der Waals surface area (Å²) in [7, 11) is -0.427. The summed E-state index contributed by atoms with van der Waals surface area (Å²) in [4.78, 5) is 10.7. The minimum atomic E-state index is -1.03. The molecule has 0 saturated carbocycles. The molecule has 2 aliphatic rings. The van der Waals surface area contributed by atoms with Crippen molar-refractivity contribution in [2.75, 3.05) is 6.61 Å². The molecule has 1 saturated heterocycles. The third-order valence-electron chi connectivity index (χ3n) is 4.85. The van der Waals surface area contributed by atoms with E-state index in [-0.39, 0.29) is 17.2 Å². The Morgan fingerprint density at radius 2 is 1.91 bits per heavy atom. The fourth-order valence-electron chi connectivity index (χ4n) is 2.78. The zero-order valence-corrected chi connectivity index (χ0v) is 13.9. The zero-order valence-electron chi connectivity index (χ0n) is 13.9. The number of fused-ring (bicyclic) bond motifs is 1. The molecule has 7 heteroatoms. The number of hydrogen-bond donors (Lipinski definition) is 2. The SMILES string of the molecule is CC1(C)OB(c2ccc3c(c2)OC[C@H](NC(=O)O)C3)OC1(C)C. The summed E-state index contributed by atoms with van der Waals surface area (Å²) < 4.78 is 17.8. The zero-order chi connectivity index (χ0) is 16.8. The molecule has 0 spiro atoms. The van der Waals surface area contributed by atoms with Crippen LogP contribution in [0.2, 0.25) is 0 Å². The molecule has 3 rings (SSSR count). The van der Waals surface area contributed by atoms with E-state index in [0.29, 0.717) is 13.0 Å². The molecule has 124 valence electrons. The van der Waals surface area contributed by atoms with E-state index in [1.54, 1.807) is 0 Å². The van der Waals surface area contributed by atoms with Gasteiger partial charge in [0, 0.05) is 0 Å². The molecule has 1 aromatic carbocycles. The third kappa shape index (κ3) is 3.03. The van der Waals surface area contributed by atoms with E-state index in [4.69, 9.17) is 19.2 Å². The van der Waals surface area contributed by atoms with Crippen LogP contribution in [-0.2, 0) is 15.7 Å². The number of nitrogens with one attached hydrogen (secondary N) is 1. The van der Waals surface area contributed by atoms with E-state index >= 15 is 0 Å². The maximum Gasteiger partial charge on any atom is 0.494 e. The quantitative estimate of drug-likeness (QED) is 0.809. The van der Waals surface area contributed by atoms with E-state index in [9.17, 15) is 4.79 Å². The second-order valence-corrected chi connectivity index (χ2v) is 7.12. The molecule has 23 heavy (non-hydrogen) atoms. The minimum absolute atomic E-state index is 0.220. The lowest BCUT2D eigenvalue weighted by Gasteiger charge is -2.32. The van der Waals surface area contributed by atoms with Gasteiger partial charge in [-0.25, -0.2) is 4.79 Å². The van der Waals surface area contributed by atoms with Crippen LogP contribution in [0.25, 0.3) is 0 Å². The first-order valence-corrected chi connectivity index (χ1v) is 7.79. The molecule has 6 nitrogen and oxygen atoms in total. The summed E-state index contributed by atoms with van der Waals surface area (Å²) in [6, 6.07) is 5.61. The van der Waals surface area contributed by atoms with Crippen molar-refractivity contribution in [2.24, 2.45) is 0 Å². The molecule has 1 atom stereocenters. The van der Waals surface area contributed by atoms with Gasteiger partial charge in [0.15, 0.2) is 0 Å². The molecule has 0 aliphatic carbocycles. The number of amides is 1. The van der Waals surface area contributed by atoms with Gasteiger partial charge in [-0.3, -0.25) is 0 Å². The monoisotopic (exact) mass is 319 g/mol. The minimum Gasteiger partial charge on any atom is -0.491 e. The Kier molecular flexibility index (Phi) is 3.81. The molecule has 0 aromatic heterocycles. The lowest BCUT2D eigenvalue weighted by Crippen LogP contribution is -2.42. The van der Waals surface area contributed by atoms with Crippen LogP contribution in [0.3, 0.4) is 0 Å². The van der Waals surface area contributed by atoms with Gasteiger partial charge in [-0.15, -0.1) is 0 Å². The van der Waals surface area contributed by atoms with E-state index in [2.05, 4.69) is 5.32 Å². The van der Waals surface area contributed by atoms with Crippen molar-refractivity contribution in [3.8, 4) is 5.75 Å². The molecular formula is C16H22BNO5. The maximum atomic E-state index is 10.7. The summed E-state index contributed by atoms with van der Waals surface area (Å²) in [5.74, 6) is 0.764. The Bertz CT molecular complexity index is 615. The van der Waals surface area contributed by atoms with Crippen LogP contribution in [0.1, 0.15) is 33.3 Å². The molecule has 2 heterocycles.